The van der Waals surface area contributed by atoms with E-state index in [9.17, 15) is 0 Å². The van der Waals surface area contributed by atoms with Crippen molar-refractivity contribution >= 4 is 5.69 Å². The Labute approximate surface area is 91.3 Å². The summed E-state index contributed by atoms with van der Waals surface area (Å²) in [6.07, 6.45) is 1.48. The van der Waals surface area contributed by atoms with Gasteiger partial charge in [0.1, 0.15) is 0 Å². The molecule has 1 aliphatic heterocycles. The molecule has 2 atom stereocenters. The molecule has 2 unspecified atom stereocenters. The summed E-state index contributed by atoms with van der Waals surface area (Å²) in [6, 6.07) is 8.78. The van der Waals surface area contributed by atoms with E-state index in [-0.39, 0.29) is 0 Å². The number of fused-ring (bicyclic) bond motifs is 1. The number of hydrogen-bond donors (Lipinski definition) is 1. The lowest BCUT2D eigenvalue weighted by atomic mass is 10.1. The van der Waals surface area contributed by atoms with Gasteiger partial charge in [-0.2, -0.15) is 0 Å². The molecule has 1 aliphatic carbocycles. The minimum absolute atomic E-state index is 0.974. The van der Waals surface area contributed by atoms with Gasteiger partial charge in [0.15, 0.2) is 0 Å². The average Bonchev–Trinajstić information content (AvgIpc) is 2.87. The SMILES string of the molecule is CNCc1ccccc1N1CC2CC2C1. The monoisotopic (exact) mass is 202 g/mol. The Kier molecular flexibility index (Phi) is 2.17. The Hall–Kier alpha value is -1.02. The third-order valence-electron chi connectivity index (χ3n) is 3.68. The lowest BCUT2D eigenvalue weighted by Gasteiger charge is -2.23. The summed E-state index contributed by atoms with van der Waals surface area (Å²) < 4.78 is 0. The van der Waals surface area contributed by atoms with Crippen LogP contribution in [-0.4, -0.2) is 20.1 Å². The minimum Gasteiger partial charge on any atom is -0.371 e. The highest BCUT2D eigenvalue weighted by atomic mass is 15.2. The Morgan fingerprint density at radius 2 is 2.00 bits per heavy atom. The fourth-order valence-corrected chi connectivity index (χ4v) is 2.75. The summed E-state index contributed by atoms with van der Waals surface area (Å²) in [5, 5.41) is 3.24. The predicted octanol–water partition coefficient (Wildman–Crippen LogP) is 1.86. The van der Waals surface area contributed by atoms with Crippen LogP contribution < -0.4 is 10.2 Å². The van der Waals surface area contributed by atoms with Crippen LogP contribution in [0, 0.1) is 11.8 Å². The van der Waals surface area contributed by atoms with Crippen molar-refractivity contribution in [1.82, 2.24) is 5.32 Å². The van der Waals surface area contributed by atoms with Gasteiger partial charge in [-0.25, -0.2) is 0 Å². The summed E-state index contributed by atoms with van der Waals surface area (Å²) in [5.41, 5.74) is 2.88. The molecule has 0 spiro atoms. The van der Waals surface area contributed by atoms with E-state index in [0.717, 1.165) is 18.4 Å². The number of para-hydroxylation sites is 1. The first-order valence-electron chi connectivity index (χ1n) is 5.86. The number of benzene rings is 1. The number of anilines is 1. The van der Waals surface area contributed by atoms with E-state index in [1.807, 2.05) is 7.05 Å². The van der Waals surface area contributed by atoms with Gasteiger partial charge < -0.3 is 10.2 Å². The summed E-state index contributed by atoms with van der Waals surface area (Å²) in [4.78, 5) is 2.56. The first-order valence-corrected chi connectivity index (χ1v) is 5.86. The van der Waals surface area contributed by atoms with E-state index >= 15 is 0 Å². The number of nitrogens with one attached hydrogen (secondary N) is 1. The van der Waals surface area contributed by atoms with Gasteiger partial charge >= 0.3 is 0 Å². The molecule has 2 fully saturated rings. The van der Waals surface area contributed by atoms with Crippen LogP contribution in [0.1, 0.15) is 12.0 Å². The summed E-state index contributed by atoms with van der Waals surface area (Å²) in [7, 11) is 2.01. The second kappa shape index (κ2) is 3.53. The second-order valence-corrected chi connectivity index (χ2v) is 4.82. The van der Waals surface area contributed by atoms with Crippen molar-refractivity contribution in [3.05, 3.63) is 29.8 Å². The van der Waals surface area contributed by atoms with E-state index in [4.69, 9.17) is 0 Å². The highest BCUT2D eigenvalue weighted by Crippen LogP contribution is 2.46. The van der Waals surface area contributed by atoms with Crippen molar-refractivity contribution in [2.75, 3.05) is 25.0 Å². The van der Waals surface area contributed by atoms with Crippen molar-refractivity contribution in [2.24, 2.45) is 11.8 Å². The molecular weight excluding hydrogens is 184 g/mol. The Balaban J connectivity index is 1.83. The zero-order valence-electron chi connectivity index (χ0n) is 9.24. The Morgan fingerprint density at radius 3 is 2.73 bits per heavy atom. The topological polar surface area (TPSA) is 15.3 Å². The molecule has 2 heteroatoms. The maximum atomic E-state index is 3.24. The molecule has 0 aromatic heterocycles. The first-order chi connectivity index (χ1) is 7.38. The molecule has 1 saturated heterocycles. The molecule has 1 aromatic carbocycles. The summed E-state index contributed by atoms with van der Waals surface area (Å²) in [6.45, 7) is 3.54. The van der Waals surface area contributed by atoms with Crippen LogP contribution in [-0.2, 0) is 6.54 Å². The number of hydrogen-bond acceptors (Lipinski definition) is 2. The van der Waals surface area contributed by atoms with Gasteiger partial charge in [0.05, 0.1) is 0 Å². The fourth-order valence-electron chi connectivity index (χ4n) is 2.75. The van der Waals surface area contributed by atoms with Crippen LogP contribution in [0.15, 0.2) is 24.3 Å². The third-order valence-corrected chi connectivity index (χ3v) is 3.68. The molecule has 80 valence electrons. The molecule has 15 heavy (non-hydrogen) atoms. The molecule has 2 nitrogen and oxygen atoms in total. The van der Waals surface area contributed by atoms with Crippen LogP contribution >= 0.6 is 0 Å². The van der Waals surface area contributed by atoms with Gasteiger partial charge in [-0.05, 0) is 36.9 Å². The molecular formula is C13H18N2. The lowest BCUT2D eigenvalue weighted by molar-refractivity contribution is 0.783. The number of rotatable bonds is 3. The molecule has 0 amide bonds. The molecule has 2 aliphatic rings. The molecule has 1 N–H and O–H groups in total. The van der Waals surface area contributed by atoms with Crippen LogP contribution in [0.25, 0.3) is 0 Å². The fraction of sp³-hybridized carbons (Fsp3) is 0.538. The quantitative estimate of drug-likeness (QED) is 0.805. The van der Waals surface area contributed by atoms with Gasteiger partial charge in [0.2, 0.25) is 0 Å². The molecule has 1 aromatic rings. The third kappa shape index (κ3) is 1.63. The van der Waals surface area contributed by atoms with Crippen molar-refractivity contribution in [3.8, 4) is 0 Å². The largest absolute Gasteiger partial charge is 0.371 e. The second-order valence-electron chi connectivity index (χ2n) is 4.82. The average molecular weight is 202 g/mol. The van der Waals surface area contributed by atoms with Gasteiger partial charge in [-0.3, -0.25) is 0 Å². The van der Waals surface area contributed by atoms with Crippen molar-refractivity contribution in [1.29, 1.82) is 0 Å². The van der Waals surface area contributed by atoms with E-state index in [1.54, 1.807) is 0 Å². The maximum Gasteiger partial charge on any atom is 0.0412 e. The van der Waals surface area contributed by atoms with Crippen LogP contribution in [0.4, 0.5) is 5.69 Å². The predicted molar refractivity (Wildman–Crippen MR) is 63.0 cm³/mol. The van der Waals surface area contributed by atoms with Gasteiger partial charge in [0, 0.05) is 25.3 Å². The molecule has 1 saturated carbocycles. The standard InChI is InChI=1S/C13H18N2/c1-14-7-10-4-2-3-5-13(10)15-8-11-6-12(11)9-15/h2-5,11-12,14H,6-9H2,1H3. The molecule has 3 rings (SSSR count). The van der Waals surface area contributed by atoms with E-state index in [2.05, 4.69) is 34.5 Å². The number of piperidine rings is 1. The van der Waals surface area contributed by atoms with Crippen LogP contribution in [0.5, 0.6) is 0 Å². The van der Waals surface area contributed by atoms with Crippen LogP contribution in [0.2, 0.25) is 0 Å². The summed E-state index contributed by atoms with van der Waals surface area (Å²) >= 11 is 0. The van der Waals surface area contributed by atoms with E-state index < -0.39 is 0 Å². The van der Waals surface area contributed by atoms with Crippen molar-refractivity contribution < 1.29 is 0 Å². The molecule has 0 radical (unpaired) electrons. The minimum atomic E-state index is 0.974. The smallest absolute Gasteiger partial charge is 0.0412 e. The molecule has 1 heterocycles. The van der Waals surface area contributed by atoms with Gasteiger partial charge in [-0.15, -0.1) is 0 Å². The van der Waals surface area contributed by atoms with E-state index in [0.29, 0.717) is 0 Å². The zero-order chi connectivity index (χ0) is 10.3. The maximum absolute atomic E-state index is 3.24. The highest BCUT2D eigenvalue weighted by molar-refractivity contribution is 5.55. The summed E-state index contributed by atoms with van der Waals surface area (Å²) in [5.74, 6) is 2.01. The van der Waals surface area contributed by atoms with Crippen molar-refractivity contribution in [3.63, 3.8) is 0 Å². The van der Waals surface area contributed by atoms with Gasteiger partial charge in [0.25, 0.3) is 0 Å². The van der Waals surface area contributed by atoms with E-state index in [1.165, 1.54) is 30.8 Å². The van der Waals surface area contributed by atoms with Crippen molar-refractivity contribution in [2.45, 2.75) is 13.0 Å². The Bertz CT molecular complexity index is 351. The zero-order valence-corrected chi connectivity index (χ0v) is 9.24. The van der Waals surface area contributed by atoms with Gasteiger partial charge in [-0.1, -0.05) is 18.2 Å². The van der Waals surface area contributed by atoms with Crippen LogP contribution in [0.3, 0.4) is 0 Å². The Morgan fingerprint density at radius 1 is 1.27 bits per heavy atom. The first kappa shape index (κ1) is 9.22. The number of nitrogens with zero attached hydrogens (tertiary/aromatic N) is 1. The normalized spacial score (nSPS) is 27.9. The highest BCUT2D eigenvalue weighted by Gasteiger charge is 2.45. The lowest BCUT2D eigenvalue weighted by Crippen LogP contribution is -2.23. The molecule has 0 bridgehead atoms.